The third-order valence-corrected chi connectivity index (χ3v) is 5.74. The van der Waals surface area contributed by atoms with Gasteiger partial charge in [-0.05, 0) is 55.3 Å². The van der Waals surface area contributed by atoms with Crippen molar-refractivity contribution in [2.75, 3.05) is 5.32 Å². The van der Waals surface area contributed by atoms with Crippen LogP contribution in [0.2, 0.25) is 0 Å². The Bertz CT molecular complexity index is 1440. The van der Waals surface area contributed by atoms with E-state index in [0.717, 1.165) is 39.1 Å². The Morgan fingerprint density at radius 2 is 1.85 bits per heavy atom. The molecule has 0 aliphatic carbocycles. The van der Waals surface area contributed by atoms with E-state index in [1.807, 2.05) is 97.4 Å². The van der Waals surface area contributed by atoms with Gasteiger partial charge in [-0.2, -0.15) is 0 Å². The molecule has 1 N–H and O–H groups in total. The van der Waals surface area contributed by atoms with E-state index in [1.165, 1.54) is 0 Å². The van der Waals surface area contributed by atoms with Crippen molar-refractivity contribution >= 4 is 28.1 Å². The van der Waals surface area contributed by atoms with Crippen LogP contribution in [0.3, 0.4) is 0 Å². The molecule has 0 radical (unpaired) electrons. The van der Waals surface area contributed by atoms with Crippen molar-refractivity contribution in [3.63, 3.8) is 0 Å². The number of aromatic nitrogens is 3. The Morgan fingerprint density at radius 3 is 2.73 bits per heavy atom. The van der Waals surface area contributed by atoms with Gasteiger partial charge in [-0.25, -0.2) is 4.98 Å². The van der Waals surface area contributed by atoms with E-state index in [2.05, 4.69) is 15.3 Å². The minimum Gasteiger partial charge on any atom is -0.487 e. The maximum Gasteiger partial charge on any atom is 0.228 e. The van der Waals surface area contributed by atoms with Crippen molar-refractivity contribution in [2.45, 2.75) is 26.9 Å². The maximum absolute atomic E-state index is 12.8. The van der Waals surface area contributed by atoms with Gasteiger partial charge in [0, 0.05) is 35.2 Å². The highest BCUT2D eigenvalue weighted by Gasteiger charge is 2.13. The lowest BCUT2D eigenvalue weighted by Crippen LogP contribution is -2.16. The third-order valence-electron chi connectivity index (χ3n) is 5.74. The summed E-state index contributed by atoms with van der Waals surface area (Å²) in [4.78, 5) is 22.0. The minimum absolute atomic E-state index is 0.0872. The van der Waals surface area contributed by atoms with Gasteiger partial charge in [0.1, 0.15) is 18.0 Å². The van der Waals surface area contributed by atoms with Crippen LogP contribution in [0.5, 0.6) is 5.75 Å². The number of carbonyl (C=O) groups excluding carboxylic acids is 1. The lowest BCUT2D eigenvalue weighted by Gasteiger charge is -2.13. The Morgan fingerprint density at radius 1 is 1.00 bits per heavy atom. The molecule has 2 aromatic carbocycles. The molecule has 0 saturated carbocycles. The molecule has 0 aliphatic rings. The van der Waals surface area contributed by atoms with E-state index in [-0.39, 0.29) is 12.3 Å². The number of imidazole rings is 1. The van der Waals surface area contributed by atoms with Crippen LogP contribution in [-0.2, 0) is 17.8 Å². The van der Waals surface area contributed by atoms with Crippen LogP contribution in [0.25, 0.3) is 16.6 Å². The van der Waals surface area contributed by atoms with Gasteiger partial charge in [-0.3, -0.25) is 9.78 Å². The molecule has 3 heterocycles. The number of pyridine rings is 2. The van der Waals surface area contributed by atoms with Gasteiger partial charge in [0.25, 0.3) is 0 Å². The molecular formula is C27H24N4O2. The molecule has 0 atom stereocenters. The van der Waals surface area contributed by atoms with Crippen molar-refractivity contribution in [2.24, 2.45) is 0 Å². The summed E-state index contributed by atoms with van der Waals surface area (Å²) in [7, 11) is 0. The number of hydrogen-bond acceptors (Lipinski definition) is 4. The SMILES string of the molecule is Cc1nc2ccccc2c(C)c1CC(=O)Nc1cccc(OCc2cn3ccccc3n2)c1. The summed E-state index contributed by atoms with van der Waals surface area (Å²) in [5.41, 5.74) is 6.30. The monoisotopic (exact) mass is 436 g/mol. The van der Waals surface area contributed by atoms with E-state index in [9.17, 15) is 4.79 Å². The van der Waals surface area contributed by atoms with Gasteiger partial charge in [0.05, 0.1) is 17.6 Å². The van der Waals surface area contributed by atoms with Crippen LogP contribution in [0.15, 0.2) is 79.1 Å². The normalized spacial score (nSPS) is 11.1. The average Bonchev–Trinajstić information content (AvgIpc) is 3.24. The zero-order valence-electron chi connectivity index (χ0n) is 18.6. The quantitative estimate of drug-likeness (QED) is 0.394. The molecule has 0 saturated heterocycles. The van der Waals surface area contributed by atoms with Crippen molar-refractivity contribution in [1.82, 2.24) is 14.4 Å². The number of anilines is 1. The van der Waals surface area contributed by atoms with Crippen LogP contribution in [-0.4, -0.2) is 20.3 Å². The standard InChI is InChI=1S/C27H24N4O2/c1-18-23-10-3-4-11-25(23)28-19(2)24(18)15-27(32)30-20-8-7-9-22(14-20)33-17-21-16-31-13-6-5-12-26(31)29-21/h3-14,16H,15,17H2,1-2H3,(H,30,32). The number of carbonyl (C=O) groups is 1. The largest absolute Gasteiger partial charge is 0.487 e. The second-order valence-corrected chi connectivity index (χ2v) is 8.06. The highest BCUT2D eigenvalue weighted by Crippen LogP contribution is 2.24. The van der Waals surface area contributed by atoms with Crippen molar-refractivity contribution in [3.05, 3.63) is 102 Å². The topological polar surface area (TPSA) is 68.5 Å². The first-order valence-electron chi connectivity index (χ1n) is 10.9. The number of hydrogen-bond donors (Lipinski definition) is 1. The lowest BCUT2D eigenvalue weighted by atomic mass is 9.99. The average molecular weight is 437 g/mol. The summed E-state index contributed by atoms with van der Waals surface area (Å²) < 4.78 is 7.87. The lowest BCUT2D eigenvalue weighted by molar-refractivity contribution is -0.115. The summed E-state index contributed by atoms with van der Waals surface area (Å²) in [6, 6.07) is 21.3. The van der Waals surface area contributed by atoms with Crippen LogP contribution >= 0.6 is 0 Å². The smallest absolute Gasteiger partial charge is 0.228 e. The molecule has 0 bridgehead atoms. The first-order valence-corrected chi connectivity index (χ1v) is 10.9. The van der Waals surface area contributed by atoms with Crippen LogP contribution in [0.1, 0.15) is 22.5 Å². The number of rotatable bonds is 6. The Balaban J connectivity index is 1.27. The molecule has 33 heavy (non-hydrogen) atoms. The number of amides is 1. The van der Waals surface area contributed by atoms with Gasteiger partial charge >= 0.3 is 0 Å². The van der Waals surface area contributed by atoms with E-state index >= 15 is 0 Å². The van der Waals surface area contributed by atoms with Gasteiger partial charge < -0.3 is 14.5 Å². The van der Waals surface area contributed by atoms with Crippen LogP contribution < -0.4 is 10.1 Å². The van der Waals surface area contributed by atoms with Crippen molar-refractivity contribution in [1.29, 1.82) is 0 Å². The second kappa shape index (κ2) is 8.74. The fraction of sp³-hybridized carbons (Fsp3) is 0.148. The first kappa shape index (κ1) is 20.7. The zero-order valence-corrected chi connectivity index (χ0v) is 18.6. The molecule has 6 nitrogen and oxygen atoms in total. The second-order valence-electron chi connectivity index (χ2n) is 8.06. The van der Waals surface area contributed by atoms with Crippen molar-refractivity contribution in [3.8, 4) is 5.75 Å². The van der Waals surface area contributed by atoms with E-state index < -0.39 is 0 Å². The Hall–Kier alpha value is -4.19. The van der Waals surface area contributed by atoms with E-state index in [1.54, 1.807) is 0 Å². The first-order chi connectivity index (χ1) is 16.1. The predicted molar refractivity (Wildman–Crippen MR) is 130 cm³/mol. The molecule has 5 aromatic rings. The summed E-state index contributed by atoms with van der Waals surface area (Å²) in [6.07, 6.45) is 4.17. The maximum atomic E-state index is 12.8. The molecule has 5 rings (SSSR count). The summed E-state index contributed by atoms with van der Waals surface area (Å²) in [5, 5.41) is 4.06. The highest BCUT2D eigenvalue weighted by atomic mass is 16.5. The molecular weight excluding hydrogens is 412 g/mol. The fourth-order valence-corrected chi connectivity index (χ4v) is 4.07. The molecule has 164 valence electrons. The van der Waals surface area contributed by atoms with Crippen LogP contribution in [0.4, 0.5) is 5.69 Å². The van der Waals surface area contributed by atoms with Gasteiger partial charge in [0.15, 0.2) is 0 Å². The predicted octanol–water partition coefficient (Wildman–Crippen LogP) is 5.26. The van der Waals surface area contributed by atoms with Gasteiger partial charge in [0.2, 0.25) is 5.91 Å². The molecule has 0 unspecified atom stereocenters. The number of ether oxygens (including phenoxy) is 1. The Labute approximate surface area is 191 Å². The van der Waals surface area contributed by atoms with Crippen LogP contribution in [0, 0.1) is 13.8 Å². The molecule has 3 aromatic heterocycles. The summed E-state index contributed by atoms with van der Waals surface area (Å²) in [6.45, 7) is 4.35. The minimum atomic E-state index is -0.0872. The van der Waals surface area contributed by atoms with E-state index in [4.69, 9.17) is 4.74 Å². The molecule has 0 fully saturated rings. The highest BCUT2D eigenvalue weighted by molar-refractivity contribution is 5.94. The van der Waals surface area contributed by atoms with Gasteiger partial charge in [-0.1, -0.05) is 30.3 Å². The summed E-state index contributed by atoms with van der Waals surface area (Å²) >= 11 is 0. The van der Waals surface area contributed by atoms with Crippen molar-refractivity contribution < 1.29 is 9.53 Å². The molecule has 0 aliphatic heterocycles. The van der Waals surface area contributed by atoms with Gasteiger partial charge in [-0.15, -0.1) is 0 Å². The number of nitrogens with one attached hydrogen (secondary N) is 1. The third kappa shape index (κ3) is 4.41. The number of nitrogens with zero attached hydrogens (tertiary/aromatic N) is 3. The fourth-order valence-electron chi connectivity index (χ4n) is 4.07. The number of aryl methyl sites for hydroxylation is 2. The molecule has 6 heteroatoms. The summed E-state index contributed by atoms with van der Waals surface area (Å²) in [5.74, 6) is 0.584. The zero-order chi connectivity index (χ0) is 22.8. The molecule has 0 spiro atoms. The Kier molecular flexibility index (Phi) is 5.48. The number of benzene rings is 2. The molecule has 1 amide bonds. The number of para-hydroxylation sites is 1. The number of fused-ring (bicyclic) bond motifs is 2. The van der Waals surface area contributed by atoms with E-state index in [0.29, 0.717) is 18.0 Å².